The number of aliphatic carboxylic acids is 2. The highest BCUT2D eigenvalue weighted by molar-refractivity contribution is 6.02. The highest BCUT2D eigenvalue weighted by Gasteiger charge is 2.43. The molecule has 10 nitrogen and oxygen atoms in total. The molecule has 6 heterocycles. The van der Waals surface area contributed by atoms with Crippen molar-refractivity contribution in [3.05, 3.63) is 34.4 Å². The quantitative estimate of drug-likeness (QED) is 0.398. The molecule has 0 unspecified atom stereocenters. The zero-order valence-corrected chi connectivity index (χ0v) is 22.1. The standard InChI is InChI=1S/C28H38N4O6/c1-15-11-20(26(34)30-24(28(37)38)22-14-32-9-5-18(22)6-10-32)16(2)12-19(15)25(33)29-23(27(35)36)21-13-31-7-3-17(21)4-8-31/h11-12,17-18,21-24H,3-10,13-14H2,1-2H3,(H,29,33)(H,30,34)(H,35,36)(H,37,38)/t21-,22-,23+,24+/m0/s1. The summed E-state index contributed by atoms with van der Waals surface area (Å²) >= 11 is 0. The minimum absolute atomic E-state index is 0.135. The number of hydrogen-bond acceptors (Lipinski definition) is 6. The molecule has 6 aliphatic heterocycles. The Morgan fingerprint density at radius 1 is 0.711 bits per heavy atom. The summed E-state index contributed by atoms with van der Waals surface area (Å²) in [4.78, 5) is 55.3. The average Bonchev–Trinajstić information content (AvgIpc) is 2.92. The first-order chi connectivity index (χ1) is 18.1. The van der Waals surface area contributed by atoms with E-state index in [0.29, 0.717) is 35.3 Å². The Hall–Kier alpha value is -2.98. The van der Waals surface area contributed by atoms with Crippen LogP contribution < -0.4 is 10.6 Å². The molecule has 1 aromatic rings. The van der Waals surface area contributed by atoms with E-state index in [9.17, 15) is 29.4 Å². The number of nitrogens with one attached hydrogen (secondary N) is 2. The summed E-state index contributed by atoms with van der Waals surface area (Å²) < 4.78 is 0. The van der Waals surface area contributed by atoms with Crippen molar-refractivity contribution in [2.75, 3.05) is 39.3 Å². The molecule has 10 heteroatoms. The number of nitrogens with zero attached hydrogens (tertiary/aromatic N) is 2. The van der Waals surface area contributed by atoms with Gasteiger partial charge in [-0.05, 0) is 101 Å². The minimum atomic E-state index is -1.03. The fourth-order valence-corrected chi connectivity index (χ4v) is 7.22. The van der Waals surface area contributed by atoms with E-state index < -0.39 is 35.8 Å². The first-order valence-electron chi connectivity index (χ1n) is 13.8. The molecule has 206 valence electrons. The van der Waals surface area contributed by atoms with Gasteiger partial charge in [0.2, 0.25) is 0 Å². The van der Waals surface area contributed by atoms with Gasteiger partial charge in [-0.25, -0.2) is 9.59 Å². The van der Waals surface area contributed by atoms with Gasteiger partial charge in [-0.3, -0.25) is 9.59 Å². The number of carboxylic acid groups (broad SMARTS) is 2. The number of carbonyl (C=O) groups is 4. The van der Waals surface area contributed by atoms with E-state index in [2.05, 4.69) is 20.4 Å². The highest BCUT2D eigenvalue weighted by atomic mass is 16.4. The molecule has 6 fully saturated rings. The molecular weight excluding hydrogens is 488 g/mol. The Morgan fingerprint density at radius 3 is 1.32 bits per heavy atom. The molecule has 38 heavy (non-hydrogen) atoms. The number of rotatable bonds is 8. The Bertz CT molecular complexity index is 1030. The molecule has 4 bridgehead atoms. The smallest absolute Gasteiger partial charge is 0.326 e. The van der Waals surface area contributed by atoms with Gasteiger partial charge in [0.15, 0.2) is 0 Å². The third-order valence-electron chi connectivity index (χ3n) is 9.44. The van der Waals surface area contributed by atoms with Gasteiger partial charge in [-0.1, -0.05) is 0 Å². The van der Waals surface area contributed by atoms with Crippen molar-refractivity contribution in [1.29, 1.82) is 0 Å². The lowest BCUT2D eigenvalue weighted by molar-refractivity contribution is -0.143. The van der Waals surface area contributed by atoms with E-state index in [1.165, 1.54) is 0 Å². The van der Waals surface area contributed by atoms with E-state index in [1.54, 1.807) is 26.0 Å². The van der Waals surface area contributed by atoms with E-state index in [1.807, 2.05) is 0 Å². The van der Waals surface area contributed by atoms with Gasteiger partial charge in [-0.2, -0.15) is 0 Å². The molecule has 0 aliphatic carbocycles. The van der Waals surface area contributed by atoms with Gasteiger partial charge in [-0.15, -0.1) is 0 Å². The first-order valence-corrected chi connectivity index (χ1v) is 13.8. The second kappa shape index (κ2) is 10.6. The molecule has 0 saturated carbocycles. The van der Waals surface area contributed by atoms with Crippen LogP contribution in [-0.2, 0) is 9.59 Å². The van der Waals surface area contributed by atoms with Gasteiger partial charge in [0.1, 0.15) is 12.1 Å². The number of fused-ring (bicyclic) bond motifs is 6. The van der Waals surface area contributed by atoms with E-state index in [-0.39, 0.29) is 23.7 Å². The Balaban J connectivity index is 1.30. The zero-order chi connectivity index (χ0) is 27.1. The number of piperidine rings is 6. The topological polar surface area (TPSA) is 139 Å². The van der Waals surface area contributed by atoms with Gasteiger partial charge in [0.25, 0.3) is 11.8 Å². The van der Waals surface area contributed by atoms with Crippen molar-refractivity contribution in [2.45, 2.75) is 51.6 Å². The summed E-state index contributed by atoms with van der Waals surface area (Å²) in [6, 6.07) is 1.24. The molecule has 6 saturated heterocycles. The minimum Gasteiger partial charge on any atom is -0.480 e. The number of carboxylic acids is 2. The Labute approximate surface area is 222 Å². The number of aryl methyl sites for hydroxylation is 2. The second-order valence-electron chi connectivity index (χ2n) is 11.7. The maximum absolute atomic E-state index is 13.2. The van der Waals surface area contributed by atoms with Crippen LogP contribution in [0.15, 0.2) is 12.1 Å². The van der Waals surface area contributed by atoms with Crippen LogP contribution in [0.2, 0.25) is 0 Å². The molecule has 1 aromatic carbocycles. The fourth-order valence-electron chi connectivity index (χ4n) is 7.22. The van der Waals surface area contributed by atoms with Crippen LogP contribution in [0, 0.1) is 37.5 Å². The van der Waals surface area contributed by atoms with Gasteiger partial charge in [0, 0.05) is 36.1 Å². The first kappa shape index (κ1) is 26.6. The third-order valence-corrected chi connectivity index (χ3v) is 9.44. The molecule has 0 aromatic heterocycles. The number of carbonyl (C=O) groups excluding carboxylic acids is 2. The SMILES string of the molecule is Cc1cc(C(=O)N[C@@H](C(=O)O)[C@H]2CN3CCC2CC3)c(C)cc1C(=O)N[C@@H](C(=O)O)[C@H]1CN2CCC1CC2. The number of hydrogen-bond donors (Lipinski definition) is 4. The number of amides is 2. The average molecular weight is 527 g/mol. The predicted octanol–water partition coefficient (Wildman–Crippen LogP) is 1.35. The fraction of sp³-hybridized carbons (Fsp3) is 0.643. The van der Waals surface area contributed by atoms with Crippen LogP contribution >= 0.6 is 0 Å². The van der Waals surface area contributed by atoms with Crippen molar-refractivity contribution in [1.82, 2.24) is 20.4 Å². The maximum atomic E-state index is 13.2. The Morgan fingerprint density at radius 2 is 1.05 bits per heavy atom. The van der Waals surface area contributed by atoms with Crippen LogP contribution in [0.3, 0.4) is 0 Å². The summed E-state index contributed by atoms with van der Waals surface area (Å²) in [5.74, 6) is -2.71. The summed E-state index contributed by atoms with van der Waals surface area (Å²) in [6.07, 6.45) is 3.79. The molecule has 0 spiro atoms. The summed E-state index contributed by atoms with van der Waals surface area (Å²) in [5, 5.41) is 25.4. The summed E-state index contributed by atoms with van der Waals surface area (Å²) in [7, 11) is 0. The Kier molecular flexibility index (Phi) is 7.46. The largest absolute Gasteiger partial charge is 0.480 e. The third kappa shape index (κ3) is 5.16. The van der Waals surface area contributed by atoms with Gasteiger partial charge < -0.3 is 30.6 Å². The molecule has 0 radical (unpaired) electrons. The van der Waals surface area contributed by atoms with Crippen LogP contribution in [0.1, 0.15) is 57.5 Å². The van der Waals surface area contributed by atoms with Crippen molar-refractivity contribution in [3.63, 3.8) is 0 Å². The van der Waals surface area contributed by atoms with Crippen LogP contribution in [0.4, 0.5) is 0 Å². The predicted molar refractivity (Wildman–Crippen MR) is 139 cm³/mol. The highest BCUT2D eigenvalue weighted by Crippen LogP contribution is 2.36. The lowest BCUT2D eigenvalue weighted by atomic mass is 9.75. The van der Waals surface area contributed by atoms with E-state index in [0.717, 1.165) is 51.9 Å². The monoisotopic (exact) mass is 526 g/mol. The van der Waals surface area contributed by atoms with Crippen molar-refractivity contribution in [3.8, 4) is 0 Å². The normalized spacial score (nSPS) is 31.3. The van der Waals surface area contributed by atoms with E-state index >= 15 is 0 Å². The molecule has 2 amide bonds. The summed E-state index contributed by atoms with van der Waals surface area (Å²) in [6.45, 7) is 8.66. The van der Waals surface area contributed by atoms with Crippen molar-refractivity contribution in [2.24, 2.45) is 23.7 Å². The van der Waals surface area contributed by atoms with Crippen molar-refractivity contribution >= 4 is 23.8 Å². The molecule has 4 N–H and O–H groups in total. The molecule has 7 rings (SSSR count). The maximum Gasteiger partial charge on any atom is 0.326 e. The van der Waals surface area contributed by atoms with Crippen LogP contribution in [0.25, 0.3) is 0 Å². The van der Waals surface area contributed by atoms with Crippen LogP contribution in [0.5, 0.6) is 0 Å². The van der Waals surface area contributed by atoms with Gasteiger partial charge >= 0.3 is 11.9 Å². The lowest BCUT2D eigenvalue weighted by Gasteiger charge is -2.46. The molecular formula is C28H38N4O6. The zero-order valence-electron chi connectivity index (χ0n) is 22.1. The number of benzene rings is 1. The molecule has 4 atom stereocenters. The van der Waals surface area contributed by atoms with E-state index in [4.69, 9.17) is 0 Å². The molecule has 6 aliphatic rings. The van der Waals surface area contributed by atoms with Crippen molar-refractivity contribution < 1.29 is 29.4 Å². The van der Waals surface area contributed by atoms with Crippen LogP contribution in [-0.4, -0.2) is 95.1 Å². The summed E-state index contributed by atoms with van der Waals surface area (Å²) in [5.41, 5.74) is 1.70. The second-order valence-corrected chi connectivity index (χ2v) is 11.7. The van der Waals surface area contributed by atoms with Gasteiger partial charge in [0.05, 0.1) is 0 Å². The lowest BCUT2D eigenvalue weighted by Crippen LogP contribution is -2.58.